The second kappa shape index (κ2) is 5.83. The smallest absolute Gasteiger partial charge is 0.112 e. The Morgan fingerprint density at radius 2 is 1.69 bits per heavy atom. The molecule has 0 fully saturated rings. The molecule has 1 N–H and O–H groups in total. The average Bonchev–Trinajstić information content (AvgIpc) is 1.96. The molecule has 0 aromatic carbocycles. The van der Waals surface area contributed by atoms with E-state index < -0.39 is 6.10 Å². The molecule has 0 aromatic rings. The fourth-order valence-corrected chi connectivity index (χ4v) is 0.925. The summed E-state index contributed by atoms with van der Waals surface area (Å²) in [7, 11) is 0. The number of hydrogen-bond donors (Lipinski definition) is 1. The molecule has 0 rings (SSSR count). The lowest BCUT2D eigenvalue weighted by Gasteiger charge is -2.05. The third-order valence-corrected chi connectivity index (χ3v) is 1.56. The lowest BCUT2D eigenvalue weighted by Crippen LogP contribution is -1.97. The molecule has 0 bridgehead atoms. The van der Waals surface area contributed by atoms with Gasteiger partial charge in [-0.05, 0) is 18.8 Å². The zero-order valence-corrected chi connectivity index (χ0v) is 9.26. The van der Waals surface area contributed by atoms with Crippen molar-refractivity contribution in [3.8, 4) is 11.8 Å². The molecular formula is C12H20O. The van der Waals surface area contributed by atoms with Crippen molar-refractivity contribution in [3.05, 3.63) is 11.6 Å². The number of rotatable bonds is 2. The van der Waals surface area contributed by atoms with Crippen molar-refractivity contribution in [2.75, 3.05) is 0 Å². The van der Waals surface area contributed by atoms with Gasteiger partial charge in [-0.15, -0.1) is 0 Å². The number of allylic oxidation sites excluding steroid dienone is 2. The van der Waals surface area contributed by atoms with Gasteiger partial charge in [0.25, 0.3) is 0 Å². The van der Waals surface area contributed by atoms with E-state index >= 15 is 0 Å². The van der Waals surface area contributed by atoms with Crippen LogP contribution in [0.25, 0.3) is 0 Å². The maximum absolute atomic E-state index is 9.02. The summed E-state index contributed by atoms with van der Waals surface area (Å²) in [5.41, 5.74) is 1.12. The second-order valence-corrected chi connectivity index (χ2v) is 3.97. The molecule has 0 aromatic heterocycles. The van der Waals surface area contributed by atoms with Gasteiger partial charge in [0.1, 0.15) is 6.10 Å². The van der Waals surface area contributed by atoms with E-state index in [0.29, 0.717) is 11.8 Å². The van der Waals surface area contributed by atoms with Gasteiger partial charge in [-0.25, -0.2) is 0 Å². The SMILES string of the molecule is CC(O)C#C/C(=C\C(C)C)C(C)C. The average molecular weight is 180 g/mol. The summed E-state index contributed by atoms with van der Waals surface area (Å²) < 4.78 is 0. The topological polar surface area (TPSA) is 20.2 Å². The molecule has 0 aliphatic rings. The highest BCUT2D eigenvalue weighted by molar-refractivity contribution is 5.31. The van der Waals surface area contributed by atoms with Crippen molar-refractivity contribution in [2.45, 2.75) is 40.7 Å². The van der Waals surface area contributed by atoms with Gasteiger partial charge in [0, 0.05) is 5.57 Å². The molecular weight excluding hydrogens is 160 g/mol. The van der Waals surface area contributed by atoms with E-state index in [1.54, 1.807) is 6.92 Å². The minimum absolute atomic E-state index is 0.439. The van der Waals surface area contributed by atoms with Crippen molar-refractivity contribution in [1.82, 2.24) is 0 Å². The first-order valence-corrected chi connectivity index (χ1v) is 4.84. The largest absolute Gasteiger partial charge is 0.381 e. The second-order valence-electron chi connectivity index (χ2n) is 3.97. The van der Waals surface area contributed by atoms with Gasteiger partial charge in [0.2, 0.25) is 0 Å². The van der Waals surface area contributed by atoms with Crippen LogP contribution in [0.3, 0.4) is 0 Å². The normalized spacial score (nSPS) is 14.3. The van der Waals surface area contributed by atoms with Crippen LogP contribution in [0.2, 0.25) is 0 Å². The fraction of sp³-hybridized carbons (Fsp3) is 0.667. The Morgan fingerprint density at radius 3 is 2.00 bits per heavy atom. The van der Waals surface area contributed by atoms with Crippen LogP contribution in [-0.2, 0) is 0 Å². The minimum Gasteiger partial charge on any atom is -0.381 e. The summed E-state index contributed by atoms with van der Waals surface area (Å²) in [5, 5.41) is 9.02. The van der Waals surface area contributed by atoms with Crippen LogP contribution in [0.4, 0.5) is 0 Å². The predicted octanol–water partition coefficient (Wildman–Crippen LogP) is 2.61. The van der Waals surface area contributed by atoms with Gasteiger partial charge in [0.05, 0.1) is 0 Å². The van der Waals surface area contributed by atoms with Crippen LogP contribution in [0.5, 0.6) is 0 Å². The monoisotopic (exact) mass is 180 g/mol. The van der Waals surface area contributed by atoms with Gasteiger partial charge in [-0.2, -0.15) is 0 Å². The summed E-state index contributed by atoms with van der Waals surface area (Å²) in [6.07, 6.45) is 1.62. The Labute approximate surface area is 81.9 Å². The number of aliphatic hydroxyl groups is 1. The van der Waals surface area contributed by atoms with E-state index in [4.69, 9.17) is 5.11 Å². The molecule has 0 heterocycles. The molecule has 0 saturated heterocycles. The van der Waals surface area contributed by atoms with Gasteiger partial charge in [0.15, 0.2) is 0 Å². The molecule has 1 atom stereocenters. The summed E-state index contributed by atoms with van der Waals surface area (Å²) in [6.45, 7) is 10.2. The van der Waals surface area contributed by atoms with Gasteiger partial charge < -0.3 is 5.11 Å². The molecule has 0 amide bonds. The molecule has 0 aliphatic carbocycles. The maximum atomic E-state index is 9.02. The zero-order valence-electron chi connectivity index (χ0n) is 9.26. The van der Waals surface area contributed by atoms with Crippen LogP contribution in [0.1, 0.15) is 34.6 Å². The Balaban J connectivity index is 4.57. The van der Waals surface area contributed by atoms with Crippen molar-refractivity contribution in [2.24, 2.45) is 11.8 Å². The van der Waals surface area contributed by atoms with Crippen molar-refractivity contribution in [1.29, 1.82) is 0 Å². The van der Waals surface area contributed by atoms with E-state index in [0.717, 1.165) is 5.57 Å². The minimum atomic E-state index is -0.533. The van der Waals surface area contributed by atoms with Crippen LogP contribution >= 0.6 is 0 Å². The third kappa shape index (κ3) is 6.42. The predicted molar refractivity (Wildman–Crippen MR) is 57.2 cm³/mol. The van der Waals surface area contributed by atoms with E-state index in [-0.39, 0.29) is 0 Å². The van der Waals surface area contributed by atoms with Crippen LogP contribution in [0, 0.1) is 23.7 Å². The van der Waals surface area contributed by atoms with Crippen LogP contribution < -0.4 is 0 Å². The first kappa shape index (κ1) is 12.3. The number of hydrogen-bond acceptors (Lipinski definition) is 1. The van der Waals surface area contributed by atoms with Crippen LogP contribution in [-0.4, -0.2) is 11.2 Å². The molecule has 0 spiro atoms. The van der Waals surface area contributed by atoms with Crippen molar-refractivity contribution < 1.29 is 5.11 Å². The van der Waals surface area contributed by atoms with Gasteiger partial charge >= 0.3 is 0 Å². The number of aliphatic hydroxyl groups excluding tert-OH is 1. The first-order valence-electron chi connectivity index (χ1n) is 4.84. The molecule has 0 saturated carbocycles. The summed E-state index contributed by atoms with van der Waals surface area (Å²) >= 11 is 0. The highest BCUT2D eigenvalue weighted by Gasteiger charge is 2.00. The Morgan fingerprint density at radius 1 is 1.15 bits per heavy atom. The fourth-order valence-electron chi connectivity index (χ4n) is 0.925. The molecule has 0 radical (unpaired) electrons. The van der Waals surface area contributed by atoms with E-state index in [2.05, 4.69) is 45.6 Å². The molecule has 74 valence electrons. The molecule has 1 unspecified atom stereocenters. The Bertz CT molecular complexity index is 223. The highest BCUT2D eigenvalue weighted by Crippen LogP contribution is 2.11. The van der Waals surface area contributed by atoms with Gasteiger partial charge in [-0.3, -0.25) is 0 Å². The quantitative estimate of drug-likeness (QED) is 0.648. The summed E-state index contributed by atoms with van der Waals surface area (Å²) in [6, 6.07) is 0. The molecule has 0 aliphatic heterocycles. The zero-order chi connectivity index (χ0) is 10.4. The first-order chi connectivity index (χ1) is 5.93. The van der Waals surface area contributed by atoms with Crippen molar-refractivity contribution in [3.63, 3.8) is 0 Å². The molecule has 1 heteroatoms. The molecule has 13 heavy (non-hydrogen) atoms. The van der Waals surface area contributed by atoms with Gasteiger partial charge in [-0.1, -0.05) is 45.6 Å². The lowest BCUT2D eigenvalue weighted by molar-refractivity contribution is 0.253. The molecule has 1 nitrogen and oxygen atoms in total. The summed E-state index contributed by atoms with van der Waals surface area (Å²) in [5.74, 6) is 6.73. The third-order valence-electron chi connectivity index (χ3n) is 1.56. The lowest BCUT2D eigenvalue weighted by atomic mass is 9.99. The Kier molecular flexibility index (Phi) is 5.50. The van der Waals surface area contributed by atoms with Crippen LogP contribution in [0.15, 0.2) is 11.6 Å². The standard InChI is InChI=1S/C12H20O/c1-9(2)8-12(10(3)4)7-6-11(5)13/h8-11,13H,1-5H3/b12-8+. The van der Waals surface area contributed by atoms with E-state index in [1.165, 1.54) is 0 Å². The maximum Gasteiger partial charge on any atom is 0.112 e. The highest BCUT2D eigenvalue weighted by atomic mass is 16.3. The van der Waals surface area contributed by atoms with E-state index in [9.17, 15) is 0 Å². The van der Waals surface area contributed by atoms with Crippen molar-refractivity contribution >= 4 is 0 Å². The summed E-state index contributed by atoms with van der Waals surface area (Å²) in [4.78, 5) is 0. The van der Waals surface area contributed by atoms with E-state index in [1.807, 2.05) is 0 Å². The Hall–Kier alpha value is -0.740.